The van der Waals surface area contributed by atoms with E-state index >= 15 is 0 Å². The molecule has 0 fully saturated rings. The first kappa shape index (κ1) is 21.0. The fraction of sp³-hybridized carbons (Fsp3) is 0.0455. The lowest BCUT2D eigenvalue weighted by atomic mass is 10.1. The van der Waals surface area contributed by atoms with Gasteiger partial charge in [0.25, 0.3) is 11.8 Å². The molecule has 2 amide bonds. The molecule has 29 heavy (non-hydrogen) atoms. The highest BCUT2D eigenvalue weighted by atomic mass is 127. The molecule has 0 bridgehead atoms. The van der Waals surface area contributed by atoms with Crippen LogP contribution in [0.1, 0.15) is 11.1 Å². The fourth-order valence-electron chi connectivity index (χ4n) is 2.57. The van der Waals surface area contributed by atoms with E-state index in [2.05, 4.69) is 38.2 Å². The van der Waals surface area contributed by atoms with Gasteiger partial charge in [0.15, 0.2) is 0 Å². The topological polar surface area (TPSA) is 71.1 Å². The average Bonchev–Trinajstić information content (AvgIpc) is 2.70. The van der Waals surface area contributed by atoms with Gasteiger partial charge in [-0.05, 0) is 77.6 Å². The van der Waals surface area contributed by atoms with E-state index in [-0.39, 0.29) is 10.7 Å². The van der Waals surface area contributed by atoms with Crippen LogP contribution in [-0.4, -0.2) is 16.8 Å². The Bertz CT molecular complexity index is 1080. The smallest absolute Gasteiger partial charge is 0.261 e. The molecule has 0 saturated carbocycles. The maximum absolute atomic E-state index is 13.0. The van der Waals surface area contributed by atoms with Gasteiger partial charge in [-0.15, -0.1) is 0 Å². The lowest BCUT2D eigenvalue weighted by molar-refractivity contribution is -0.118. The van der Waals surface area contributed by atoms with Gasteiger partial charge in [-0.1, -0.05) is 35.9 Å². The van der Waals surface area contributed by atoms with Crippen LogP contribution in [0.2, 0.25) is 5.15 Å². The normalized spacial score (nSPS) is 11.1. The van der Waals surface area contributed by atoms with Crippen LogP contribution in [-0.2, 0) is 9.59 Å². The zero-order valence-electron chi connectivity index (χ0n) is 15.4. The number of carbonyl (C=O) groups excluding carboxylic acids is 2. The highest BCUT2D eigenvalue weighted by molar-refractivity contribution is 14.1. The number of para-hydroxylation sites is 1. The Hall–Kier alpha value is -2.71. The Kier molecular flexibility index (Phi) is 7.00. The van der Waals surface area contributed by atoms with E-state index in [1.165, 1.54) is 6.08 Å². The highest BCUT2D eigenvalue weighted by Crippen LogP contribution is 2.21. The molecule has 1 aromatic heterocycles. The summed E-state index contributed by atoms with van der Waals surface area (Å²) in [6, 6.07) is 17.9. The van der Waals surface area contributed by atoms with E-state index < -0.39 is 11.8 Å². The quantitative estimate of drug-likeness (QED) is 0.158. The summed E-state index contributed by atoms with van der Waals surface area (Å²) in [5, 5.41) is 5.75. The molecule has 0 spiro atoms. The Labute approximate surface area is 187 Å². The molecule has 2 N–H and O–H groups in total. The van der Waals surface area contributed by atoms with Crippen molar-refractivity contribution in [1.29, 1.82) is 0 Å². The van der Waals surface area contributed by atoms with Gasteiger partial charge < -0.3 is 10.6 Å². The molecule has 146 valence electrons. The standard InChI is InChI=1S/C22H17ClIN3O2/c1-14-12-16(24)9-10-19(14)27-22(29)18(13-15-6-5-11-25-20(15)23)21(28)26-17-7-3-2-4-8-17/h2-13H,1H3,(H,26,28)(H,27,29). The van der Waals surface area contributed by atoms with Crippen LogP contribution in [0.3, 0.4) is 0 Å². The van der Waals surface area contributed by atoms with Crippen molar-refractivity contribution < 1.29 is 9.59 Å². The summed E-state index contributed by atoms with van der Waals surface area (Å²) < 4.78 is 1.05. The third-order valence-electron chi connectivity index (χ3n) is 4.05. The number of hydrogen-bond acceptors (Lipinski definition) is 3. The second-order valence-electron chi connectivity index (χ2n) is 6.17. The van der Waals surface area contributed by atoms with Gasteiger partial charge in [-0.25, -0.2) is 4.98 Å². The van der Waals surface area contributed by atoms with Gasteiger partial charge >= 0.3 is 0 Å². The summed E-state index contributed by atoms with van der Waals surface area (Å²) in [6.07, 6.45) is 2.98. The number of nitrogens with zero attached hydrogens (tertiary/aromatic N) is 1. The van der Waals surface area contributed by atoms with Crippen molar-refractivity contribution in [3.05, 3.63) is 92.3 Å². The second kappa shape index (κ2) is 9.67. The first-order valence-electron chi connectivity index (χ1n) is 8.70. The van der Waals surface area contributed by atoms with Gasteiger partial charge in [0.05, 0.1) is 0 Å². The van der Waals surface area contributed by atoms with E-state index in [0.29, 0.717) is 16.9 Å². The molecule has 0 saturated heterocycles. The molecule has 0 aliphatic rings. The number of nitrogens with one attached hydrogen (secondary N) is 2. The minimum absolute atomic E-state index is 0.0818. The van der Waals surface area contributed by atoms with Crippen molar-refractivity contribution in [3.63, 3.8) is 0 Å². The van der Waals surface area contributed by atoms with Gasteiger partial charge in [-0.3, -0.25) is 9.59 Å². The number of anilines is 2. The molecule has 1 heterocycles. The monoisotopic (exact) mass is 517 g/mol. The van der Waals surface area contributed by atoms with E-state index in [0.717, 1.165) is 9.13 Å². The van der Waals surface area contributed by atoms with E-state index in [1.807, 2.05) is 25.1 Å². The number of aryl methyl sites for hydroxylation is 1. The average molecular weight is 518 g/mol. The maximum Gasteiger partial charge on any atom is 0.261 e. The summed E-state index contributed by atoms with van der Waals surface area (Å²) in [5.74, 6) is -1.08. The summed E-state index contributed by atoms with van der Waals surface area (Å²) in [4.78, 5) is 29.9. The lowest BCUT2D eigenvalue weighted by Crippen LogP contribution is -2.25. The van der Waals surface area contributed by atoms with Gasteiger partial charge in [0, 0.05) is 26.7 Å². The predicted molar refractivity (Wildman–Crippen MR) is 125 cm³/mol. The number of aromatic nitrogens is 1. The molecular formula is C22H17ClIN3O2. The van der Waals surface area contributed by atoms with E-state index in [1.54, 1.807) is 48.7 Å². The van der Waals surface area contributed by atoms with Gasteiger partial charge in [-0.2, -0.15) is 0 Å². The molecule has 2 aromatic carbocycles. The maximum atomic E-state index is 13.0. The van der Waals surface area contributed by atoms with Crippen LogP contribution in [0.25, 0.3) is 6.08 Å². The van der Waals surface area contributed by atoms with Gasteiger partial charge in [0.1, 0.15) is 10.7 Å². The number of carbonyl (C=O) groups is 2. The molecule has 3 aromatic rings. The number of amides is 2. The Balaban J connectivity index is 1.94. The number of benzene rings is 2. The highest BCUT2D eigenvalue weighted by Gasteiger charge is 2.20. The fourth-order valence-corrected chi connectivity index (χ4v) is 3.39. The van der Waals surface area contributed by atoms with Crippen LogP contribution in [0.4, 0.5) is 11.4 Å². The van der Waals surface area contributed by atoms with Crippen molar-refractivity contribution in [2.24, 2.45) is 0 Å². The largest absolute Gasteiger partial charge is 0.322 e. The van der Waals surface area contributed by atoms with Crippen LogP contribution < -0.4 is 10.6 Å². The summed E-state index contributed by atoms with van der Waals surface area (Å²) in [7, 11) is 0. The van der Waals surface area contributed by atoms with Crippen molar-refractivity contribution in [3.8, 4) is 0 Å². The number of pyridine rings is 1. The first-order valence-corrected chi connectivity index (χ1v) is 10.2. The van der Waals surface area contributed by atoms with Crippen LogP contribution in [0.15, 0.2) is 72.4 Å². The van der Waals surface area contributed by atoms with Crippen molar-refractivity contribution >= 4 is 63.5 Å². The summed E-state index contributed by atoms with van der Waals surface area (Å²) >= 11 is 8.32. The Morgan fingerprint density at radius 2 is 1.72 bits per heavy atom. The second-order valence-corrected chi connectivity index (χ2v) is 7.78. The van der Waals surface area contributed by atoms with Gasteiger partial charge in [0.2, 0.25) is 0 Å². The third kappa shape index (κ3) is 5.65. The van der Waals surface area contributed by atoms with E-state index in [9.17, 15) is 9.59 Å². The molecule has 0 atom stereocenters. The SMILES string of the molecule is Cc1cc(I)ccc1NC(=O)C(=Cc1cccnc1Cl)C(=O)Nc1ccccc1. The van der Waals surface area contributed by atoms with Crippen molar-refractivity contribution in [1.82, 2.24) is 4.98 Å². The zero-order valence-corrected chi connectivity index (χ0v) is 18.4. The third-order valence-corrected chi connectivity index (χ3v) is 5.03. The molecular weight excluding hydrogens is 501 g/mol. The molecule has 0 radical (unpaired) electrons. The number of halogens is 2. The first-order chi connectivity index (χ1) is 13.9. The van der Waals surface area contributed by atoms with Crippen molar-refractivity contribution in [2.45, 2.75) is 6.92 Å². The minimum atomic E-state index is -0.545. The Morgan fingerprint density at radius 3 is 2.41 bits per heavy atom. The minimum Gasteiger partial charge on any atom is -0.322 e. The lowest BCUT2D eigenvalue weighted by Gasteiger charge is -2.12. The predicted octanol–water partition coefficient (Wildman–Crippen LogP) is 5.31. The van der Waals surface area contributed by atoms with Crippen LogP contribution in [0.5, 0.6) is 0 Å². The number of hydrogen-bond donors (Lipinski definition) is 2. The number of rotatable bonds is 5. The molecule has 0 aliphatic heterocycles. The molecule has 7 heteroatoms. The zero-order chi connectivity index (χ0) is 20.8. The Morgan fingerprint density at radius 1 is 1.00 bits per heavy atom. The molecule has 0 aliphatic carbocycles. The molecule has 0 unspecified atom stereocenters. The molecule has 3 rings (SSSR count). The summed E-state index contributed by atoms with van der Waals surface area (Å²) in [6.45, 7) is 1.89. The van der Waals surface area contributed by atoms with Crippen LogP contribution in [0, 0.1) is 10.5 Å². The van der Waals surface area contributed by atoms with E-state index in [4.69, 9.17) is 11.6 Å². The molecule has 5 nitrogen and oxygen atoms in total. The van der Waals surface area contributed by atoms with Crippen LogP contribution >= 0.6 is 34.2 Å². The van der Waals surface area contributed by atoms with Crippen molar-refractivity contribution in [2.75, 3.05) is 10.6 Å². The summed E-state index contributed by atoms with van der Waals surface area (Å²) in [5.41, 5.74) is 2.50.